The molecule has 0 spiro atoms. The van der Waals surface area contributed by atoms with Crippen LogP contribution in [0.3, 0.4) is 0 Å². The maximum Gasteiger partial charge on any atom is 0.318 e. The van der Waals surface area contributed by atoms with Gasteiger partial charge >= 0.3 is 6.03 Å². The normalized spacial score (nSPS) is 19.0. The topological polar surface area (TPSA) is 67.5 Å². The van der Waals surface area contributed by atoms with E-state index in [4.69, 9.17) is 0 Å². The second kappa shape index (κ2) is 5.61. The monoisotopic (exact) mass is 338 g/mol. The van der Waals surface area contributed by atoms with Gasteiger partial charge in [0.25, 0.3) is 0 Å². The number of amides is 2. The fourth-order valence-electron chi connectivity index (χ4n) is 3.64. The van der Waals surface area contributed by atoms with Gasteiger partial charge < -0.3 is 14.8 Å². The van der Waals surface area contributed by atoms with E-state index in [2.05, 4.69) is 29.2 Å². The molecule has 7 heteroatoms. The third-order valence-electron chi connectivity index (χ3n) is 4.93. The Morgan fingerprint density at radius 3 is 2.92 bits per heavy atom. The van der Waals surface area contributed by atoms with Gasteiger partial charge in [0.15, 0.2) is 0 Å². The Bertz CT molecular complexity index is 924. The average Bonchev–Trinajstić information content (AvgIpc) is 3.17. The van der Waals surface area contributed by atoms with E-state index in [1.54, 1.807) is 12.4 Å². The van der Waals surface area contributed by atoms with E-state index < -0.39 is 0 Å². The fourth-order valence-corrected chi connectivity index (χ4v) is 3.64. The molecule has 4 heterocycles. The number of nitrogens with one attached hydrogen (secondary N) is 1. The highest BCUT2D eigenvalue weighted by Gasteiger charge is 2.50. The van der Waals surface area contributed by atoms with Crippen LogP contribution in [-0.4, -0.2) is 36.6 Å². The number of aryl methyl sites for hydroxylation is 1. The van der Waals surface area contributed by atoms with Crippen molar-refractivity contribution in [2.24, 2.45) is 12.5 Å². The van der Waals surface area contributed by atoms with E-state index in [1.165, 1.54) is 0 Å². The fraction of sp³-hybridized carbons (Fsp3) is 0.389. The number of aromatic nitrogens is 4. The highest BCUT2D eigenvalue weighted by molar-refractivity contribution is 5.76. The first kappa shape index (κ1) is 15.7. The SMILES string of the molecule is Cn1ccnc1C1N(C(=O)NCc2cnn3ccccc23)CC1(C)C. The smallest absolute Gasteiger partial charge is 0.318 e. The molecule has 3 aromatic heterocycles. The van der Waals surface area contributed by atoms with Crippen molar-refractivity contribution in [3.8, 4) is 0 Å². The molecule has 2 amide bonds. The van der Waals surface area contributed by atoms with Crippen LogP contribution in [0.2, 0.25) is 0 Å². The molecule has 1 fully saturated rings. The highest BCUT2D eigenvalue weighted by atomic mass is 16.2. The Balaban J connectivity index is 1.49. The number of fused-ring (bicyclic) bond motifs is 1. The number of hydrogen-bond donors (Lipinski definition) is 1. The van der Waals surface area contributed by atoms with Crippen LogP contribution in [0.4, 0.5) is 4.79 Å². The molecule has 3 aromatic rings. The standard InChI is InChI=1S/C18H22N6O/c1-18(2)12-23(15(18)16-19-7-9-22(16)3)17(25)20-10-13-11-21-24-8-5-4-6-14(13)24/h4-9,11,15H,10,12H2,1-3H3,(H,20,25). The van der Waals surface area contributed by atoms with Crippen molar-refractivity contribution in [1.29, 1.82) is 0 Å². The highest BCUT2D eigenvalue weighted by Crippen LogP contribution is 2.47. The molecule has 0 aliphatic carbocycles. The van der Waals surface area contributed by atoms with Crippen molar-refractivity contribution in [3.63, 3.8) is 0 Å². The van der Waals surface area contributed by atoms with Gasteiger partial charge in [-0.3, -0.25) is 0 Å². The lowest BCUT2D eigenvalue weighted by Crippen LogP contribution is -2.60. The Kier molecular flexibility index (Phi) is 3.52. The summed E-state index contributed by atoms with van der Waals surface area (Å²) in [6.45, 7) is 5.50. The van der Waals surface area contributed by atoms with Crippen molar-refractivity contribution >= 4 is 11.5 Å². The second-order valence-corrected chi connectivity index (χ2v) is 7.27. The van der Waals surface area contributed by atoms with Crippen LogP contribution >= 0.6 is 0 Å². The average molecular weight is 338 g/mol. The van der Waals surface area contributed by atoms with Gasteiger partial charge in [0.05, 0.1) is 17.8 Å². The van der Waals surface area contributed by atoms with Gasteiger partial charge in [-0.05, 0) is 12.1 Å². The van der Waals surface area contributed by atoms with E-state index >= 15 is 0 Å². The van der Waals surface area contributed by atoms with Crippen LogP contribution in [-0.2, 0) is 13.6 Å². The van der Waals surface area contributed by atoms with Crippen LogP contribution in [0.1, 0.15) is 31.3 Å². The molecule has 1 saturated heterocycles. The molecule has 130 valence electrons. The summed E-state index contributed by atoms with van der Waals surface area (Å²) >= 11 is 0. The molecule has 1 unspecified atom stereocenters. The number of pyridine rings is 1. The van der Waals surface area contributed by atoms with Crippen molar-refractivity contribution in [1.82, 2.24) is 29.4 Å². The zero-order valence-corrected chi connectivity index (χ0v) is 14.7. The van der Waals surface area contributed by atoms with Gasteiger partial charge in [-0.2, -0.15) is 5.10 Å². The Morgan fingerprint density at radius 1 is 1.36 bits per heavy atom. The lowest BCUT2D eigenvalue weighted by atomic mass is 9.74. The van der Waals surface area contributed by atoms with Crippen LogP contribution in [0, 0.1) is 5.41 Å². The lowest BCUT2D eigenvalue weighted by Gasteiger charge is -2.53. The quantitative estimate of drug-likeness (QED) is 0.797. The van der Waals surface area contributed by atoms with Crippen LogP contribution in [0.5, 0.6) is 0 Å². The predicted octanol–water partition coefficient (Wildman–Crippen LogP) is 2.36. The van der Waals surface area contributed by atoms with E-state index in [0.29, 0.717) is 13.1 Å². The minimum absolute atomic E-state index is 0.0147. The summed E-state index contributed by atoms with van der Waals surface area (Å²) in [7, 11) is 1.96. The number of hydrogen-bond acceptors (Lipinski definition) is 3. The van der Waals surface area contributed by atoms with Gasteiger partial charge in [0.2, 0.25) is 0 Å². The van der Waals surface area contributed by atoms with Gasteiger partial charge in [0, 0.05) is 49.7 Å². The minimum atomic E-state index is -0.0670. The van der Waals surface area contributed by atoms with E-state index in [1.807, 2.05) is 51.6 Å². The zero-order valence-electron chi connectivity index (χ0n) is 14.7. The van der Waals surface area contributed by atoms with Gasteiger partial charge in [0.1, 0.15) is 5.82 Å². The first-order valence-corrected chi connectivity index (χ1v) is 8.40. The van der Waals surface area contributed by atoms with Crippen molar-refractivity contribution < 1.29 is 4.79 Å². The largest absolute Gasteiger partial charge is 0.336 e. The van der Waals surface area contributed by atoms with Crippen LogP contribution in [0.15, 0.2) is 43.0 Å². The number of nitrogens with zero attached hydrogens (tertiary/aromatic N) is 5. The number of rotatable bonds is 3. The number of likely N-dealkylation sites (tertiary alicyclic amines) is 1. The van der Waals surface area contributed by atoms with Crippen molar-refractivity contribution in [2.45, 2.75) is 26.4 Å². The summed E-state index contributed by atoms with van der Waals surface area (Å²) in [6, 6.07) is 5.82. The van der Waals surface area contributed by atoms with Gasteiger partial charge in [-0.1, -0.05) is 19.9 Å². The summed E-state index contributed by atoms with van der Waals surface area (Å²) < 4.78 is 3.79. The second-order valence-electron chi connectivity index (χ2n) is 7.27. The minimum Gasteiger partial charge on any atom is -0.336 e. The Labute approximate surface area is 146 Å². The molecule has 0 saturated carbocycles. The predicted molar refractivity (Wildman–Crippen MR) is 93.9 cm³/mol. The molecule has 4 rings (SSSR count). The first-order chi connectivity index (χ1) is 12.0. The molecule has 1 aliphatic rings. The Hall–Kier alpha value is -2.83. The summed E-state index contributed by atoms with van der Waals surface area (Å²) in [6.07, 6.45) is 7.39. The third kappa shape index (κ3) is 2.56. The van der Waals surface area contributed by atoms with E-state index in [-0.39, 0.29) is 17.5 Å². The zero-order chi connectivity index (χ0) is 17.6. The van der Waals surface area contributed by atoms with Crippen LogP contribution < -0.4 is 5.32 Å². The third-order valence-corrected chi connectivity index (χ3v) is 4.93. The molecule has 1 atom stereocenters. The summed E-state index contributed by atoms with van der Waals surface area (Å²) in [4.78, 5) is 19.0. The molecule has 1 aliphatic heterocycles. The summed E-state index contributed by atoms with van der Waals surface area (Å²) in [5.74, 6) is 0.919. The van der Waals surface area contributed by atoms with E-state index in [9.17, 15) is 4.79 Å². The van der Waals surface area contributed by atoms with Gasteiger partial charge in [-0.15, -0.1) is 0 Å². The number of carbonyl (C=O) groups excluding carboxylic acids is 1. The van der Waals surface area contributed by atoms with Crippen LogP contribution in [0.25, 0.3) is 5.52 Å². The van der Waals surface area contributed by atoms with Crippen molar-refractivity contribution in [3.05, 3.63) is 54.4 Å². The van der Waals surface area contributed by atoms with Crippen molar-refractivity contribution in [2.75, 3.05) is 6.54 Å². The molecule has 0 radical (unpaired) electrons. The lowest BCUT2D eigenvalue weighted by molar-refractivity contribution is -0.0230. The summed E-state index contributed by atoms with van der Waals surface area (Å²) in [5.41, 5.74) is 2.02. The molecule has 7 nitrogen and oxygen atoms in total. The Morgan fingerprint density at radius 2 is 2.20 bits per heavy atom. The number of urea groups is 1. The van der Waals surface area contributed by atoms with E-state index in [0.717, 1.165) is 16.9 Å². The molecular formula is C18H22N6O. The maximum atomic E-state index is 12.7. The number of carbonyl (C=O) groups is 1. The molecule has 25 heavy (non-hydrogen) atoms. The molecule has 1 N–H and O–H groups in total. The molecule has 0 bridgehead atoms. The number of imidazole rings is 1. The maximum absolute atomic E-state index is 12.7. The first-order valence-electron chi connectivity index (χ1n) is 8.40. The summed E-state index contributed by atoms with van der Waals surface area (Å²) in [5, 5.41) is 7.33. The molecule has 0 aromatic carbocycles. The molecular weight excluding hydrogens is 316 g/mol. The van der Waals surface area contributed by atoms with Gasteiger partial charge in [-0.25, -0.2) is 14.3 Å².